The van der Waals surface area contributed by atoms with Crippen molar-refractivity contribution in [2.75, 3.05) is 13.7 Å². The summed E-state index contributed by atoms with van der Waals surface area (Å²) in [6, 6.07) is 33.7. The molecular weight excluding hydrogens is 572 g/mol. The first-order chi connectivity index (χ1) is 21.6. The normalized spacial score (nSPS) is 14.5. The second-order valence-electron chi connectivity index (χ2n) is 10.1. The number of ether oxygens (including phenoxy) is 3. The van der Waals surface area contributed by atoms with Gasteiger partial charge in [-0.2, -0.15) is 0 Å². The SMILES string of the molecule is CCOC(=O)C1=C(c2ccccc2)N=c2s/c(=C\c3ccc(OCc4ccccc4)cc3)c(=O)n2[C@@H]1c1cccc(OC)c1. The molecule has 0 N–H and O–H groups in total. The summed E-state index contributed by atoms with van der Waals surface area (Å²) >= 11 is 1.28. The lowest BCUT2D eigenvalue weighted by molar-refractivity contribution is -0.138. The molecule has 4 aromatic carbocycles. The van der Waals surface area contributed by atoms with Crippen molar-refractivity contribution < 1.29 is 19.0 Å². The number of nitrogens with zero attached hydrogens (tertiary/aromatic N) is 2. The molecule has 0 unspecified atom stereocenters. The number of benzene rings is 4. The second-order valence-corrected chi connectivity index (χ2v) is 11.1. The van der Waals surface area contributed by atoms with E-state index in [1.807, 2.05) is 115 Å². The van der Waals surface area contributed by atoms with Gasteiger partial charge in [-0.1, -0.05) is 96.3 Å². The molecule has 0 saturated heterocycles. The molecule has 0 amide bonds. The zero-order valence-corrected chi connectivity index (χ0v) is 25.1. The summed E-state index contributed by atoms with van der Waals surface area (Å²) in [5, 5.41) is 0. The highest BCUT2D eigenvalue weighted by Crippen LogP contribution is 2.36. The fourth-order valence-corrected chi connectivity index (χ4v) is 6.12. The van der Waals surface area contributed by atoms with Crippen molar-refractivity contribution >= 4 is 29.1 Å². The van der Waals surface area contributed by atoms with E-state index in [1.54, 1.807) is 18.6 Å². The van der Waals surface area contributed by atoms with Gasteiger partial charge in [-0.15, -0.1) is 0 Å². The molecule has 0 spiro atoms. The molecule has 5 aromatic rings. The lowest BCUT2D eigenvalue weighted by atomic mass is 9.93. The maximum atomic E-state index is 14.1. The molecule has 0 radical (unpaired) electrons. The monoisotopic (exact) mass is 602 g/mol. The molecule has 2 heterocycles. The van der Waals surface area contributed by atoms with Crippen LogP contribution in [0.4, 0.5) is 0 Å². The molecule has 7 nitrogen and oxygen atoms in total. The standard InChI is InChI=1S/C36H30N2O5S/c1-3-42-35(40)31-32(26-13-8-5-9-14-26)37-36-38(33(31)27-15-10-16-29(22-27)41-2)34(39)30(44-36)21-24-17-19-28(20-18-24)43-23-25-11-6-4-7-12-25/h4-22,33H,3,23H2,1-2H3/b30-21-/t33-/m1/s1. The van der Waals surface area contributed by atoms with Crippen LogP contribution >= 0.6 is 11.3 Å². The van der Waals surface area contributed by atoms with E-state index in [-0.39, 0.29) is 12.2 Å². The van der Waals surface area contributed by atoms with Crippen LogP contribution < -0.4 is 24.4 Å². The number of esters is 1. The van der Waals surface area contributed by atoms with Crippen molar-refractivity contribution in [1.29, 1.82) is 0 Å². The first-order valence-electron chi connectivity index (χ1n) is 14.2. The lowest BCUT2D eigenvalue weighted by Gasteiger charge is -2.26. The summed E-state index contributed by atoms with van der Waals surface area (Å²) in [7, 11) is 1.58. The minimum Gasteiger partial charge on any atom is -0.497 e. The summed E-state index contributed by atoms with van der Waals surface area (Å²) in [5.41, 5.74) is 3.92. The third-order valence-corrected chi connectivity index (χ3v) is 8.19. The van der Waals surface area contributed by atoms with Crippen LogP contribution in [0.25, 0.3) is 11.8 Å². The number of aromatic nitrogens is 1. The number of fused-ring (bicyclic) bond motifs is 1. The minimum absolute atomic E-state index is 0.185. The third-order valence-electron chi connectivity index (χ3n) is 7.21. The van der Waals surface area contributed by atoms with Gasteiger partial charge in [0.05, 0.1) is 35.6 Å². The van der Waals surface area contributed by atoms with E-state index in [0.29, 0.717) is 38.5 Å². The summed E-state index contributed by atoms with van der Waals surface area (Å²) in [6.07, 6.45) is 1.84. The highest BCUT2D eigenvalue weighted by Gasteiger charge is 2.35. The first kappa shape index (κ1) is 28.9. The van der Waals surface area contributed by atoms with Crippen LogP contribution in [0, 0.1) is 0 Å². The van der Waals surface area contributed by atoms with Gasteiger partial charge in [0.1, 0.15) is 18.1 Å². The van der Waals surface area contributed by atoms with E-state index in [9.17, 15) is 9.59 Å². The molecule has 1 aromatic heterocycles. The molecule has 0 aliphatic carbocycles. The van der Waals surface area contributed by atoms with Gasteiger partial charge in [-0.3, -0.25) is 9.36 Å². The second kappa shape index (κ2) is 13.0. The summed E-state index contributed by atoms with van der Waals surface area (Å²) in [5.74, 6) is 0.820. The Morgan fingerprint density at radius 3 is 2.34 bits per heavy atom. The Kier molecular flexibility index (Phi) is 8.52. The van der Waals surface area contributed by atoms with Crippen molar-refractivity contribution in [2.24, 2.45) is 4.99 Å². The van der Waals surface area contributed by atoms with Crippen molar-refractivity contribution in [3.8, 4) is 11.5 Å². The van der Waals surface area contributed by atoms with Crippen LogP contribution in [-0.4, -0.2) is 24.3 Å². The Bertz CT molecular complexity index is 2000. The topological polar surface area (TPSA) is 79.1 Å². The van der Waals surface area contributed by atoms with Gasteiger partial charge in [-0.05, 0) is 54.0 Å². The zero-order valence-electron chi connectivity index (χ0n) is 24.3. The van der Waals surface area contributed by atoms with Crippen molar-refractivity contribution in [3.63, 3.8) is 0 Å². The number of carbonyl (C=O) groups is 1. The third kappa shape index (κ3) is 5.98. The summed E-state index contributed by atoms with van der Waals surface area (Å²) in [4.78, 5) is 33.1. The Balaban J connectivity index is 1.46. The zero-order chi connectivity index (χ0) is 30.5. The molecule has 44 heavy (non-hydrogen) atoms. The first-order valence-corrected chi connectivity index (χ1v) is 15.1. The molecule has 1 aliphatic heterocycles. The van der Waals surface area contributed by atoms with Crippen LogP contribution in [-0.2, 0) is 16.1 Å². The molecular formula is C36H30N2O5S. The molecule has 0 bridgehead atoms. The predicted octanol–water partition coefficient (Wildman–Crippen LogP) is 5.52. The number of methoxy groups -OCH3 is 1. The number of thiazole rings is 1. The number of hydrogen-bond acceptors (Lipinski definition) is 7. The summed E-state index contributed by atoms with van der Waals surface area (Å²) in [6.45, 7) is 2.41. The van der Waals surface area contributed by atoms with E-state index in [1.165, 1.54) is 11.3 Å². The molecule has 8 heteroatoms. The average molecular weight is 603 g/mol. The van der Waals surface area contributed by atoms with Crippen LogP contribution in [0.3, 0.4) is 0 Å². The Labute approximate surface area is 258 Å². The van der Waals surface area contributed by atoms with Gasteiger partial charge in [0.25, 0.3) is 5.56 Å². The molecule has 6 rings (SSSR count). The maximum absolute atomic E-state index is 14.1. The number of carbonyl (C=O) groups excluding carboxylic acids is 1. The van der Waals surface area contributed by atoms with Crippen molar-refractivity contribution in [2.45, 2.75) is 19.6 Å². The Morgan fingerprint density at radius 1 is 0.909 bits per heavy atom. The van der Waals surface area contributed by atoms with Gasteiger partial charge in [0, 0.05) is 5.56 Å². The fraction of sp³-hybridized carbons (Fsp3) is 0.139. The van der Waals surface area contributed by atoms with E-state index < -0.39 is 12.0 Å². The van der Waals surface area contributed by atoms with Gasteiger partial charge < -0.3 is 14.2 Å². The van der Waals surface area contributed by atoms with Crippen LogP contribution in [0.5, 0.6) is 11.5 Å². The minimum atomic E-state index is -0.772. The van der Waals surface area contributed by atoms with Crippen LogP contribution in [0.15, 0.2) is 125 Å². The van der Waals surface area contributed by atoms with Crippen molar-refractivity contribution in [3.05, 3.63) is 157 Å². The van der Waals surface area contributed by atoms with E-state index in [2.05, 4.69) is 0 Å². The van der Waals surface area contributed by atoms with Gasteiger partial charge in [0.2, 0.25) is 0 Å². The van der Waals surface area contributed by atoms with Crippen LogP contribution in [0.2, 0.25) is 0 Å². The molecule has 0 saturated carbocycles. The molecule has 1 aliphatic rings. The molecule has 220 valence electrons. The summed E-state index contributed by atoms with van der Waals surface area (Å²) < 4.78 is 19.0. The van der Waals surface area contributed by atoms with Crippen LogP contribution in [0.1, 0.15) is 35.2 Å². The maximum Gasteiger partial charge on any atom is 0.338 e. The van der Waals surface area contributed by atoms with Crippen molar-refractivity contribution in [1.82, 2.24) is 4.57 Å². The molecule has 0 fully saturated rings. The van der Waals surface area contributed by atoms with Gasteiger partial charge in [0.15, 0.2) is 4.80 Å². The smallest absolute Gasteiger partial charge is 0.338 e. The largest absolute Gasteiger partial charge is 0.497 e. The fourth-order valence-electron chi connectivity index (χ4n) is 5.12. The van der Waals surface area contributed by atoms with E-state index in [0.717, 1.165) is 22.4 Å². The average Bonchev–Trinajstić information content (AvgIpc) is 3.38. The Morgan fingerprint density at radius 2 is 1.64 bits per heavy atom. The van der Waals surface area contributed by atoms with Gasteiger partial charge in [-0.25, -0.2) is 9.79 Å². The quantitative estimate of drug-likeness (QED) is 0.208. The lowest BCUT2D eigenvalue weighted by Crippen LogP contribution is -2.40. The van der Waals surface area contributed by atoms with E-state index >= 15 is 0 Å². The number of hydrogen-bond donors (Lipinski definition) is 0. The molecule has 1 atom stereocenters. The van der Waals surface area contributed by atoms with Gasteiger partial charge >= 0.3 is 5.97 Å². The number of rotatable bonds is 9. The highest BCUT2D eigenvalue weighted by atomic mass is 32.1. The Hall–Kier alpha value is -5.21. The highest BCUT2D eigenvalue weighted by molar-refractivity contribution is 7.07. The predicted molar refractivity (Wildman–Crippen MR) is 171 cm³/mol. The van der Waals surface area contributed by atoms with E-state index in [4.69, 9.17) is 19.2 Å².